The Morgan fingerprint density at radius 3 is 2.63 bits per heavy atom. The molecule has 5 rings (SSSR count). The smallest absolute Gasteiger partial charge is 0.122 e. The van der Waals surface area contributed by atoms with Crippen molar-refractivity contribution in [2.75, 3.05) is 14.2 Å². The lowest BCUT2D eigenvalue weighted by Crippen LogP contribution is -2.56. The van der Waals surface area contributed by atoms with E-state index in [2.05, 4.69) is 87.1 Å². The van der Waals surface area contributed by atoms with Gasteiger partial charge in [0.15, 0.2) is 0 Å². The van der Waals surface area contributed by atoms with E-state index in [4.69, 9.17) is 4.74 Å². The highest BCUT2D eigenvalue weighted by Crippen LogP contribution is 2.50. The van der Waals surface area contributed by atoms with Crippen LogP contribution in [-0.4, -0.2) is 31.1 Å². The molecule has 3 nitrogen and oxygen atoms in total. The number of nitrogens with one attached hydrogen (secondary N) is 1. The van der Waals surface area contributed by atoms with Crippen LogP contribution in [0.25, 0.3) is 0 Å². The minimum absolute atomic E-state index is 0.0307. The van der Waals surface area contributed by atoms with Crippen LogP contribution in [-0.2, 0) is 5.41 Å². The summed E-state index contributed by atoms with van der Waals surface area (Å²) in [5.74, 6) is 1.72. The molecule has 3 aliphatic carbocycles. The monoisotopic (exact) mass is 470 g/mol. The third-order valence-electron chi connectivity index (χ3n) is 8.95. The van der Waals surface area contributed by atoms with E-state index in [1.54, 1.807) is 7.11 Å². The second kappa shape index (κ2) is 9.41. The quantitative estimate of drug-likeness (QED) is 0.472. The van der Waals surface area contributed by atoms with Gasteiger partial charge in [0.2, 0.25) is 0 Å². The second-order valence-corrected chi connectivity index (χ2v) is 11.3. The van der Waals surface area contributed by atoms with Crippen molar-refractivity contribution in [2.45, 2.75) is 89.1 Å². The molecule has 0 amide bonds. The maximum atomic E-state index is 5.74. The van der Waals surface area contributed by atoms with Gasteiger partial charge in [-0.15, -0.1) is 0 Å². The molecule has 3 heteroatoms. The zero-order valence-electron chi connectivity index (χ0n) is 22.3. The van der Waals surface area contributed by atoms with E-state index in [9.17, 15) is 0 Å². The number of ether oxygens (including phenoxy) is 1. The Morgan fingerprint density at radius 2 is 1.89 bits per heavy atom. The lowest BCUT2D eigenvalue weighted by molar-refractivity contribution is 0.168. The van der Waals surface area contributed by atoms with Crippen molar-refractivity contribution in [1.82, 2.24) is 10.2 Å². The minimum Gasteiger partial charge on any atom is -0.496 e. The average Bonchev–Trinajstić information content (AvgIpc) is 3.71. The Kier molecular flexibility index (Phi) is 6.46. The molecular weight excluding hydrogens is 428 g/mol. The van der Waals surface area contributed by atoms with Gasteiger partial charge in [-0.2, -0.15) is 0 Å². The van der Waals surface area contributed by atoms with Crippen LogP contribution in [0, 0.1) is 0 Å². The molecule has 0 bridgehead atoms. The number of benzene rings is 1. The van der Waals surface area contributed by atoms with Gasteiger partial charge in [0.1, 0.15) is 5.75 Å². The highest BCUT2D eigenvalue weighted by Gasteiger charge is 2.48. The van der Waals surface area contributed by atoms with Crippen LogP contribution in [0.1, 0.15) is 82.8 Å². The molecule has 35 heavy (non-hydrogen) atoms. The third kappa shape index (κ3) is 4.39. The van der Waals surface area contributed by atoms with Gasteiger partial charge < -0.3 is 15.0 Å². The summed E-state index contributed by atoms with van der Waals surface area (Å²) in [6.07, 6.45) is 17.7. The molecule has 1 N–H and O–H groups in total. The van der Waals surface area contributed by atoms with Crippen LogP contribution in [0.5, 0.6) is 5.75 Å². The van der Waals surface area contributed by atoms with Crippen LogP contribution < -0.4 is 10.1 Å². The standard InChI is InChI=1S/C32H42N2O/c1-21-10-8-7-9-11-26(21)23(3)33-29-18-19-32(4,31-27(29)16-12-22(2)34(31)5)25-15-17-30(35-6)28(20-25)24-13-14-24/h10-12,15-17,20,24,29,31,33H,3,7-9,13-14,18-19H2,1-2,4-6H3. The summed E-state index contributed by atoms with van der Waals surface area (Å²) in [4.78, 5) is 2.50. The van der Waals surface area contributed by atoms with Crippen molar-refractivity contribution in [1.29, 1.82) is 0 Å². The predicted octanol–water partition coefficient (Wildman–Crippen LogP) is 7.30. The first-order chi connectivity index (χ1) is 16.8. The molecule has 4 aliphatic rings. The van der Waals surface area contributed by atoms with Crippen molar-refractivity contribution in [3.63, 3.8) is 0 Å². The zero-order valence-corrected chi connectivity index (χ0v) is 22.3. The average molecular weight is 471 g/mol. The van der Waals surface area contributed by atoms with Gasteiger partial charge in [0, 0.05) is 29.9 Å². The molecule has 3 atom stereocenters. The van der Waals surface area contributed by atoms with E-state index in [1.807, 2.05) is 0 Å². The number of methoxy groups -OCH3 is 1. The topological polar surface area (TPSA) is 24.5 Å². The molecule has 3 unspecified atom stereocenters. The zero-order chi connectivity index (χ0) is 24.7. The van der Waals surface area contributed by atoms with Gasteiger partial charge in [-0.05, 0) is 105 Å². The summed E-state index contributed by atoms with van der Waals surface area (Å²) in [5, 5.41) is 3.88. The molecule has 0 radical (unpaired) electrons. The first kappa shape index (κ1) is 24.0. The lowest BCUT2D eigenvalue weighted by Gasteiger charge is -2.53. The number of likely N-dealkylation sites (N-methyl/N-ethyl adjacent to an activating group) is 1. The van der Waals surface area contributed by atoms with E-state index in [-0.39, 0.29) is 5.41 Å². The number of rotatable bonds is 6. The molecule has 1 aromatic rings. The van der Waals surface area contributed by atoms with Crippen molar-refractivity contribution in [2.24, 2.45) is 0 Å². The van der Waals surface area contributed by atoms with E-state index in [0.717, 1.165) is 37.1 Å². The molecule has 0 spiro atoms. The Bertz CT molecular complexity index is 1130. The van der Waals surface area contributed by atoms with Gasteiger partial charge >= 0.3 is 0 Å². The van der Waals surface area contributed by atoms with Crippen LogP contribution in [0.4, 0.5) is 0 Å². The first-order valence-electron chi connectivity index (χ1n) is 13.5. The van der Waals surface area contributed by atoms with Crippen molar-refractivity contribution in [3.8, 4) is 5.75 Å². The fourth-order valence-corrected chi connectivity index (χ4v) is 6.57. The summed E-state index contributed by atoms with van der Waals surface area (Å²) < 4.78 is 5.74. The number of allylic oxidation sites excluding steroid dienone is 6. The molecule has 1 heterocycles. The number of fused-ring (bicyclic) bond motifs is 1. The number of hydrogen-bond acceptors (Lipinski definition) is 3. The molecule has 2 fully saturated rings. The fourth-order valence-electron chi connectivity index (χ4n) is 6.57. The van der Waals surface area contributed by atoms with Gasteiger partial charge in [-0.3, -0.25) is 0 Å². The van der Waals surface area contributed by atoms with E-state index in [1.165, 1.54) is 52.8 Å². The van der Waals surface area contributed by atoms with E-state index < -0.39 is 0 Å². The van der Waals surface area contributed by atoms with Crippen LogP contribution >= 0.6 is 0 Å². The lowest BCUT2D eigenvalue weighted by atomic mass is 9.62. The van der Waals surface area contributed by atoms with Crippen LogP contribution in [0.2, 0.25) is 0 Å². The molecule has 2 saturated carbocycles. The first-order valence-corrected chi connectivity index (χ1v) is 13.5. The SMILES string of the molecule is C=C(NC1CCC(C)(c2ccc(OC)c(C3CC3)c2)C2C1=CC=C(C)N2C)C1=CCCCC=C1C. The summed E-state index contributed by atoms with van der Waals surface area (Å²) in [6, 6.07) is 7.61. The summed E-state index contributed by atoms with van der Waals surface area (Å²) in [6.45, 7) is 11.4. The van der Waals surface area contributed by atoms with Crippen LogP contribution in [0.3, 0.4) is 0 Å². The van der Waals surface area contributed by atoms with Gasteiger partial charge in [-0.25, -0.2) is 0 Å². The molecule has 186 valence electrons. The highest BCUT2D eigenvalue weighted by atomic mass is 16.5. The Morgan fingerprint density at radius 1 is 1.11 bits per heavy atom. The predicted molar refractivity (Wildman–Crippen MR) is 147 cm³/mol. The van der Waals surface area contributed by atoms with Crippen molar-refractivity contribution in [3.05, 3.63) is 88.3 Å². The second-order valence-electron chi connectivity index (χ2n) is 11.3. The van der Waals surface area contributed by atoms with Gasteiger partial charge in [0.25, 0.3) is 0 Å². The van der Waals surface area contributed by atoms with Gasteiger partial charge in [0.05, 0.1) is 13.2 Å². The van der Waals surface area contributed by atoms with Crippen molar-refractivity contribution < 1.29 is 4.74 Å². The Balaban J connectivity index is 1.47. The largest absolute Gasteiger partial charge is 0.496 e. The normalized spacial score (nSPS) is 28.7. The molecular formula is C32H42N2O. The van der Waals surface area contributed by atoms with E-state index >= 15 is 0 Å². The highest BCUT2D eigenvalue weighted by molar-refractivity contribution is 5.49. The molecule has 1 aliphatic heterocycles. The molecule has 0 saturated heterocycles. The van der Waals surface area contributed by atoms with Gasteiger partial charge in [-0.1, -0.05) is 43.9 Å². The number of nitrogens with zero attached hydrogens (tertiary/aromatic N) is 1. The number of hydrogen-bond donors (Lipinski definition) is 1. The molecule has 1 aromatic carbocycles. The fraction of sp³-hybridized carbons (Fsp3) is 0.500. The maximum absolute atomic E-state index is 5.74. The Labute approximate surface area is 212 Å². The summed E-state index contributed by atoms with van der Waals surface area (Å²) >= 11 is 0. The summed E-state index contributed by atoms with van der Waals surface area (Å²) in [7, 11) is 4.07. The minimum atomic E-state index is 0.0307. The van der Waals surface area contributed by atoms with E-state index in [0.29, 0.717) is 18.0 Å². The third-order valence-corrected chi connectivity index (χ3v) is 8.95. The summed E-state index contributed by atoms with van der Waals surface area (Å²) in [5.41, 5.74) is 9.41. The molecule has 0 aromatic heterocycles. The van der Waals surface area contributed by atoms with Crippen LogP contribution in [0.15, 0.2) is 77.2 Å². The Hall–Kier alpha value is -2.68. The maximum Gasteiger partial charge on any atom is 0.122 e. The van der Waals surface area contributed by atoms with Crippen molar-refractivity contribution >= 4 is 0 Å².